The summed E-state index contributed by atoms with van der Waals surface area (Å²) in [6, 6.07) is 14.8. The molecule has 5 rings (SSSR count). The fourth-order valence-corrected chi connectivity index (χ4v) is 4.53. The predicted octanol–water partition coefficient (Wildman–Crippen LogP) is 5.23. The molecule has 158 valence electrons. The lowest BCUT2D eigenvalue weighted by atomic mass is 10.1. The number of hydrogen-bond donors (Lipinski definition) is 0. The second-order valence-electron chi connectivity index (χ2n) is 8.07. The molecule has 0 unspecified atom stereocenters. The Labute approximate surface area is 185 Å². The van der Waals surface area contributed by atoms with Gasteiger partial charge < -0.3 is 9.30 Å². The topological polar surface area (TPSA) is 49.0 Å². The van der Waals surface area contributed by atoms with Crippen LogP contribution in [0.15, 0.2) is 59.5 Å². The second-order valence-corrected chi connectivity index (χ2v) is 8.51. The highest BCUT2D eigenvalue weighted by molar-refractivity contribution is 6.30. The van der Waals surface area contributed by atoms with Gasteiger partial charge in [-0.25, -0.2) is 4.98 Å². The van der Waals surface area contributed by atoms with Crippen LogP contribution in [-0.2, 0) is 26.5 Å². The van der Waals surface area contributed by atoms with Gasteiger partial charge in [-0.2, -0.15) is 0 Å². The Bertz CT molecular complexity index is 1310. The van der Waals surface area contributed by atoms with Crippen molar-refractivity contribution in [2.75, 3.05) is 0 Å². The van der Waals surface area contributed by atoms with Gasteiger partial charge in [0.05, 0.1) is 0 Å². The molecule has 0 N–H and O–H groups in total. The molecule has 1 aromatic carbocycles. The number of halogens is 1. The summed E-state index contributed by atoms with van der Waals surface area (Å²) >= 11 is 5.92. The van der Waals surface area contributed by atoms with Crippen LogP contribution >= 0.6 is 11.6 Å². The van der Waals surface area contributed by atoms with E-state index < -0.39 is 0 Å². The third kappa shape index (κ3) is 3.86. The van der Waals surface area contributed by atoms with E-state index in [0.717, 1.165) is 24.1 Å². The van der Waals surface area contributed by atoms with E-state index in [1.54, 1.807) is 16.8 Å². The number of aromatic nitrogens is 3. The Morgan fingerprint density at radius 2 is 1.84 bits per heavy atom. The zero-order valence-corrected chi connectivity index (χ0v) is 18.2. The summed E-state index contributed by atoms with van der Waals surface area (Å²) in [4.78, 5) is 17.6. The van der Waals surface area contributed by atoms with E-state index in [1.807, 2.05) is 30.3 Å². The van der Waals surface area contributed by atoms with E-state index in [1.165, 1.54) is 42.0 Å². The van der Waals surface area contributed by atoms with Crippen molar-refractivity contribution in [3.63, 3.8) is 0 Å². The average Bonchev–Trinajstić information content (AvgIpc) is 2.93. The summed E-state index contributed by atoms with van der Waals surface area (Å²) in [5.74, 6) is 1.15. The van der Waals surface area contributed by atoms with E-state index in [-0.39, 0.29) is 5.56 Å². The average molecular weight is 434 g/mol. The summed E-state index contributed by atoms with van der Waals surface area (Å²) < 4.78 is 9.54. The summed E-state index contributed by atoms with van der Waals surface area (Å²) in [6.07, 6.45) is 7.65. The summed E-state index contributed by atoms with van der Waals surface area (Å²) in [5.41, 5.74) is 4.57. The van der Waals surface area contributed by atoms with E-state index in [0.29, 0.717) is 23.2 Å². The molecule has 0 saturated heterocycles. The third-order valence-corrected chi connectivity index (χ3v) is 6.31. The summed E-state index contributed by atoms with van der Waals surface area (Å²) in [5, 5.41) is 1.89. The maximum absolute atomic E-state index is 12.8. The Morgan fingerprint density at radius 1 is 1.03 bits per heavy atom. The molecule has 0 bridgehead atoms. The van der Waals surface area contributed by atoms with Gasteiger partial charge in [0.25, 0.3) is 5.56 Å². The van der Waals surface area contributed by atoms with Crippen LogP contribution < -0.4 is 10.3 Å². The first-order chi connectivity index (χ1) is 15.1. The molecule has 4 aromatic rings. The third-order valence-electron chi connectivity index (χ3n) is 6.05. The zero-order chi connectivity index (χ0) is 21.4. The fourth-order valence-electron chi connectivity index (χ4n) is 4.41. The zero-order valence-electron chi connectivity index (χ0n) is 17.5. The number of rotatable bonds is 4. The van der Waals surface area contributed by atoms with E-state index in [9.17, 15) is 4.79 Å². The Hall–Kier alpha value is -3.05. The highest BCUT2D eigenvalue weighted by atomic mass is 35.5. The molecule has 0 radical (unpaired) electrons. The van der Waals surface area contributed by atoms with Crippen LogP contribution in [0.4, 0.5) is 0 Å². The second kappa shape index (κ2) is 8.23. The Morgan fingerprint density at radius 3 is 2.65 bits per heavy atom. The number of aryl methyl sites for hydroxylation is 2. The van der Waals surface area contributed by atoms with E-state index in [2.05, 4.69) is 17.7 Å². The molecule has 3 aromatic heterocycles. The van der Waals surface area contributed by atoms with Crippen LogP contribution in [-0.4, -0.2) is 14.1 Å². The molecule has 0 atom stereocenters. The van der Waals surface area contributed by atoms with Gasteiger partial charge in [0.2, 0.25) is 0 Å². The molecule has 0 aliphatic heterocycles. The molecule has 1 aliphatic carbocycles. The maximum atomic E-state index is 12.8. The van der Waals surface area contributed by atoms with Gasteiger partial charge in [-0.1, -0.05) is 30.2 Å². The van der Waals surface area contributed by atoms with Gasteiger partial charge in [-0.15, -0.1) is 0 Å². The van der Waals surface area contributed by atoms with Crippen LogP contribution in [0.1, 0.15) is 36.1 Å². The van der Waals surface area contributed by atoms with Crippen molar-refractivity contribution in [3.05, 3.63) is 86.9 Å². The number of benzene rings is 1. The molecule has 0 fully saturated rings. The van der Waals surface area contributed by atoms with Gasteiger partial charge in [-0.3, -0.25) is 9.36 Å². The van der Waals surface area contributed by atoms with Crippen LogP contribution in [0.3, 0.4) is 0 Å². The lowest BCUT2D eigenvalue weighted by Crippen LogP contribution is -2.18. The first-order valence-electron chi connectivity index (χ1n) is 10.7. The van der Waals surface area contributed by atoms with Crippen LogP contribution in [0, 0.1) is 0 Å². The molecule has 31 heavy (non-hydrogen) atoms. The van der Waals surface area contributed by atoms with Crippen molar-refractivity contribution in [1.82, 2.24) is 14.1 Å². The lowest BCUT2D eigenvalue weighted by Gasteiger charge is -2.09. The van der Waals surface area contributed by atoms with Gasteiger partial charge >= 0.3 is 0 Å². The van der Waals surface area contributed by atoms with Gasteiger partial charge in [0, 0.05) is 35.4 Å². The van der Waals surface area contributed by atoms with Crippen molar-refractivity contribution < 1.29 is 4.74 Å². The molecule has 0 spiro atoms. The van der Waals surface area contributed by atoms with Gasteiger partial charge in [-0.05, 0) is 67.1 Å². The van der Waals surface area contributed by atoms with Gasteiger partial charge in [0.15, 0.2) is 0 Å². The molecule has 0 amide bonds. The largest absolute Gasteiger partial charge is 0.489 e. The molecule has 1 aliphatic rings. The monoisotopic (exact) mass is 433 g/mol. The molecular formula is C25H24ClN3O2. The first-order valence-corrected chi connectivity index (χ1v) is 11.1. The smallest absolute Gasteiger partial charge is 0.259 e. The van der Waals surface area contributed by atoms with E-state index >= 15 is 0 Å². The quantitative estimate of drug-likeness (QED) is 0.414. The van der Waals surface area contributed by atoms with Crippen LogP contribution in [0.25, 0.3) is 16.9 Å². The molecule has 3 heterocycles. The van der Waals surface area contributed by atoms with Crippen molar-refractivity contribution in [1.29, 1.82) is 0 Å². The first kappa shape index (κ1) is 19.9. The molecule has 5 nitrogen and oxygen atoms in total. The minimum atomic E-state index is -0.170. The SMILES string of the molecule is Cn1c2c(c3ccc(-n4ccc(OCc5ccc(Cl)cc5)cc4=O)nc31)CCCCC2. The Kier molecular flexibility index (Phi) is 5.28. The summed E-state index contributed by atoms with van der Waals surface area (Å²) in [7, 11) is 2.08. The summed E-state index contributed by atoms with van der Waals surface area (Å²) in [6.45, 7) is 0.375. The molecule has 6 heteroatoms. The number of nitrogens with zero attached hydrogens (tertiary/aromatic N) is 3. The predicted molar refractivity (Wildman–Crippen MR) is 123 cm³/mol. The van der Waals surface area contributed by atoms with E-state index in [4.69, 9.17) is 21.3 Å². The van der Waals surface area contributed by atoms with Crippen molar-refractivity contribution >= 4 is 22.6 Å². The number of ether oxygens (including phenoxy) is 1. The normalized spacial score (nSPS) is 13.7. The van der Waals surface area contributed by atoms with Crippen LogP contribution in [0.2, 0.25) is 5.02 Å². The maximum Gasteiger partial charge on any atom is 0.259 e. The minimum absolute atomic E-state index is 0.170. The Balaban J connectivity index is 1.42. The van der Waals surface area contributed by atoms with Gasteiger partial charge in [0.1, 0.15) is 23.8 Å². The van der Waals surface area contributed by atoms with Crippen molar-refractivity contribution in [3.8, 4) is 11.6 Å². The number of hydrogen-bond acceptors (Lipinski definition) is 3. The minimum Gasteiger partial charge on any atom is -0.489 e. The highest BCUT2D eigenvalue weighted by Crippen LogP contribution is 2.30. The highest BCUT2D eigenvalue weighted by Gasteiger charge is 2.18. The fraction of sp³-hybridized carbons (Fsp3) is 0.280. The van der Waals surface area contributed by atoms with Crippen LogP contribution in [0.5, 0.6) is 5.75 Å². The number of fused-ring (bicyclic) bond motifs is 3. The standard InChI is InChI=1S/C25H24ClN3O2/c1-28-22-6-4-2-3-5-20(22)21-11-12-23(27-25(21)28)29-14-13-19(15-24(29)30)31-16-17-7-9-18(26)10-8-17/h7-15H,2-6,16H2,1H3. The van der Waals surface area contributed by atoms with Crippen molar-refractivity contribution in [2.24, 2.45) is 7.05 Å². The number of pyridine rings is 2. The van der Waals surface area contributed by atoms with Crippen molar-refractivity contribution in [2.45, 2.75) is 38.7 Å². The molecule has 0 saturated carbocycles. The molecular weight excluding hydrogens is 410 g/mol. The lowest BCUT2D eigenvalue weighted by molar-refractivity contribution is 0.305.